The fourth-order valence-corrected chi connectivity index (χ4v) is 5.44. The number of phosphoric acid groups is 2. The molecule has 2 aliphatic heterocycles. The molecule has 206 valence electrons. The van der Waals surface area contributed by atoms with Gasteiger partial charge in [-0.25, -0.2) is 9.11 Å². The number of aliphatic hydroxyl groups excluding tert-OH is 6. The number of ether oxygens (including phenoxy) is 2. The molecule has 2 aliphatic rings. The van der Waals surface area contributed by atoms with E-state index in [0.717, 1.165) is 12.3 Å². The molecule has 2 saturated heterocycles. The van der Waals surface area contributed by atoms with Gasteiger partial charge < -0.3 is 54.4 Å². The monoisotopic (exact) mass is 564 g/mol. The Balaban J connectivity index is 1.60. The second-order valence-electron chi connectivity index (χ2n) is 7.64. The van der Waals surface area contributed by atoms with Crippen LogP contribution < -0.4 is 21.0 Å². The number of nitrogens with zero attached hydrogens (tertiary/aromatic N) is 1. The highest BCUT2D eigenvalue weighted by atomic mass is 31.3. The fraction of sp³-hybridized carbons (Fsp3) is 0.733. The maximum atomic E-state index is 12.0. The SMILES string of the molecule is O=c1ccn([C@@H]2O[C@H](COP(=O)([O-])OP(=O)([O-])O[C@H]3O[C@@H]([C@H](O)CO)[C@H](O)[C@H]3O)[C@@H](O)[C@H]2O)c(=O)[nH]1. The summed E-state index contributed by atoms with van der Waals surface area (Å²) in [6.45, 7) is -2.04. The number of rotatable bonds is 10. The fourth-order valence-electron chi connectivity index (χ4n) is 3.36. The molecule has 3 rings (SSSR count). The second-order valence-corrected chi connectivity index (χ2v) is 10.6. The minimum absolute atomic E-state index is 0.699. The summed E-state index contributed by atoms with van der Waals surface area (Å²) in [5.41, 5.74) is -1.78. The summed E-state index contributed by atoms with van der Waals surface area (Å²) >= 11 is 0. The zero-order valence-corrected chi connectivity index (χ0v) is 19.6. The molecular formula is C15H22N2O17P2-2. The summed E-state index contributed by atoms with van der Waals surface area (Å²) in [4.78, 5) is 48.9. The van der Waals surface area contributed by atoms with E-state index in [9.17, 15) is 54.0 Å². The van der Waals surface area contributed by atoms with Gasteiger partial charge in [0.15, 0.2) is 12.5 Å². The van der Waals surface area contributed by atoms with Crippen LogP contribution in [0, 0.1) is 0 Å². The highest BCUT2D eigenvalue weighted by molar-refractivity contribution is 7.59. The average Bonchev–Trinajstić information content (AvgIpc) is 3.21. The van der Waals surface area contributed by atoms with Crippen molar-refractivity contribution in [3.05, 3.63) is 33.1 Å². The Hall–Kier alpha value is -1.38. The van der Waals surface area contributed by atoms with Crippen molar-refractivity contribution in [3.63, 3.8) is 0 Å². The van der Waals surface area contributed by atoms with Gasteiger partial charge in [0.25, 0.3) is 21.2 Å². The van der Waals surface area contributed by atoms with E-state index in [2.05, 4.69) is 13.4 Å². The maximum Gasteiger partial charge on any atom is 0.330 e. The molecule has 11 atom stereocenters. The average molecular weight is 564 g/mol. The van der Waals surface area contributed by atoms with E-state index in [-0.39, 0.29) is 0 Å². The zero-order valence-electron chi connectivity index (χ0n) is 17.8. The maximum absolute atomic E-state index is 12.0. The number of nitrogens with one attached hydrogen (secondary N) is 1. The van der Waals surface area contributed by atoms with Gasteiger partial charge in [-0.2, -0.15) is 0 Å². The van der Waals surface area contributed by atoms with Crippen LogP contribution in [0.15, 0.2) is 21.9 Å². The van der Waals surface area contributed by atoms with Gasteiger partial charge in [-0.1, -0.05) is 0 Å². The molecule has 19 nitrogen and oxygen atoms in total. The van der Waals surface area contributed by atoms with Crippen LogP contribution in [-0.4, -0.2) is 102 Å². The van der Waals surface area contributed by atoms with Crippen LogP contribution in [0.2, 0.25) is 0 Å². The quantitative estimate of drug-likeness (QED) is 0.130. The Kier molecular flexibility index (Phi) is 9.05. The third kappa shape index (κ3) is 6.54. The highest BCUT2D eigenvalue weighted by Gasteiger charge is 2.48. The van der Waals surface area contributed by atoms with Gasteiger partial charge in [0.05, 0.1) is 13.2 Å². The minimum Gasteiger partial charge on any atom is -0.756 e. The Morgan fingerprint density at radius 3 is 2.33 bits per heavy atom. The molecule has 0 spiro atoms. The van der Waals surface area contributed by atoms with Crippen LogP contribution in [0.5, 0.6) is 0 Å². The number of H-pyrrole nitrogens is 1. The molecule has 2 unspecified atom stereocenters. The standard InChI is InChI=1S/C15H24N2O17P2/c18-3-5(19)12-9(22)11(24)14(32-12)33-36(28,29)34-35(26,27)30-4-6-8(21)10(23)13(31-6)17-2-1-7(20)16-15(17)25/h1-2,5-6,8-14,18-19,21-24H,3-4H2,(H,26,27)(H,28,29)(H,16,20,25)/p-2/t5-,6-,8-,9-,10-,11-,12+,13-,14-/m1/s1. The smallest absolute Gasteiger partial charge is 0.330 e. The molecule has 0 amide bonds. The molecule has 0 radical (unpaired) electrons. The zero-order chi connectivity index (χ0) is 27.0. The first-order valence-corrected chi connectivity index (χ1v) is 12.9. The number of aromatic amines is 1. The second kappa shape index (κ2) is 11.2. The van der Waals surface area contributed by atoms with Crippen LogP contribution in [0.4, 0.5) is 0 Å². The van der Waals surface area contributed by atoms with E-state index in [4.69, 9.17) is 14.6 Å². The van der Waals surface area contributed by atoms with Crippen molar-refractivity contribution in [2.75, 3.05) is 13.2 Å². The van der Waals surface area contributed by atoms with Crippen molar-refractivity contribution in [3.8, 4) is 0 Å². The molecule has 1 aromatic rings. The number of hydrogen-bond acceptors (Lipinski definition) is 17. The van der Waals surface area contributed by atoms with E-state index in [1.807, 2.05) is 4.98 Å². The van der Waals surface area contributed by atoms with Gasteiger partial charge in [0.1, 0.15) is 42.7 Å². The van der Waals surface area contributed by atoms with E-state index < -0.39 is 95.4 Å². The van der Waals surface area contributed by atoms with Crippen molar-refractivity contribution >= 4 is 15.6 Å². The van der Waals surface area contributed by atoms with Crippen molar-refractivity contribution < 1.29 is 72.4 Å². The summed E-state index contributed by atoms with van der Waals surface area (Å²) in [5.74, 6) is 0. The normalized spacial score (nSPS) is 36.9. The highest BCUT2D eigenvalue weighted by Crippen LogP contribution is 2.57. The van der Waals surface area contributed by atoms with Gasteiger partial charge >= 0.3 is 5.69 Å². The number of phosphoric ester groups is 2. The lowest BCUT2D eigenvalue weighted by molar-refractivity contribution is -0.260. The Bertz CT molecular complexity index is 1130. The van der Waals surface area contributed by atoms with E-state index in [1.165, 1.54) is 0 Å². The molecule has 0 aliphatic carbocycles. The van der Waals surface area contributed by atoms with Crippen LogP contribution in [0.1, 0.15) is 6.23 Å². The molecule has 0 bridgehead atoms. The van der Waals surface area contributed by atoms with Crippen LogP contribution >= 0.6 is 15.6 Å². The van der Waals surface area contributed by atoms with Crippen LogP contribution in [0.3, 0.4) is 0 Å². The lowest BCUT2D eigenvalue weighted by atomic mass is 10.1. The van der Waals surface area contributed by atoms with Crippen molar-refractivity contribution in [1.29, 1.82) is 0 Å². The molecule has 36 heavy (non-hydrogen) atoms. The lowest BCUT2D eigenvalue weighted by Gasteiger charge is -2.33. The predicted octanol–water partition coefficient (Wildman–Crippen LogP) is -6.06. The first-order chi connectivity index (χ1) is 16.7. The van der Waals surface area contributed by atoms with Gasteiger partial charge in [-0.15, -0.1) is 0 Å². The number of aromatic nitrogens is 2. The number of hydrogen-bond donors (Lipinski definition) is 7. The van der Waals surface area contributed by atoms with E-state index in [1.54, 1.807) is 0 Å². The summed E-state index contributed by atoms with van der Waals surface area (Å²) < 4.78 is 47.1. The summed E-state index contributed by atoms with van der Waals surface area (Å²) in [5, 5.41) is 58.1. The molecule has 21 heteroatoms. The molecule has 3 heterocycles. The number of aliphatic hydroxyl groups is 6. The van der Waals surface area contributed by atoms with Crippen LogP contribution in [-0.2, 0) is 32.0 Å². The predicted molar refractivity (Wildman–Crippen MR) is 104 cm³/mol. The van der Waals surface area contributed by atoms with Crippen molar-refractivity contribution in [2.45, 2.75) is 55.2 Å². The molecule has 2 fully saturated rings. The molecule has 0 saturated carbocycles. The Morgan fingerprint density at radius 1 is 1.06 bits per heavy atom. The first-order valence-electron chi connectivity index (χ1n) is 9.96. The molecular weight excluding hydrogens is 542 g/mol. The molecule has 7 N–H and O–H groups in total. The van der Waals surface area contributed by atoms with Gasteiger partial charge in [-0.3, -0.25) is 28.0 Å². The van der Waals surface area contributed by atoms with Gasteiger partial charge in [0, 0.05) is 12.3 Å². The van der Waals surface area contributed by atoms with Crippen molar-refractivity contribution in [2.24, 2.45) is 0 Å². The third-order valence-corrected chi connectivity index (χ3v) is 7.65. The topological polar surface area (TPSA) is 303 Å². The largest absolute Gasteiger partial charge is 0.756 e. The summed E-state index contributed by atoms with van der Waals surface area (Å²) in [7, 11) is -11.7. The summed E-state index contributed by atoms with van der Waals surface area (Å²) in [6.07, 6.45) is -15.5. The third-order valence-electron chi connectivity index (χ3n) is 5.12. The van der Waals surface area contributed by atoms with E-state index >= 15 is 0 Å². The summed E-state index contributed by atoms with van der Waals surface area (Å²) in [6, 6.07) is 0.913. The van der Waals surface area contributed by atoms with Crippen LogP contribution in [0.25, 0.3) is 0 Å². The molecule has 1 aromatic heterocycles. The molecule has 0 aromatic carbocycles. The Morgan fingerprint density at radius 2 is 1.72 bits per heavy atom. The van der Waals surface area contributed by atoms with E-state index in [0.29, 0.717) is 4.57 Å². The van der Waals surface area contributed by atoms with Gasteiger partial charge in [0.2, 0.25) is 0 Å². The Labute approximate surface area is 199 Å². The van der Waals surface area contributed by atoms with Gasteiger partial charge in [-0.05, 0) is 0 Å². The first kappa shape index (κ1) is 29.2. The van der Waals surface area contributed by atoms with Crippen molar-refractivity contribution in [1.82, 2.24) is 9.55 Å². The minimum atomic E-state index is -5.87. The lowest BCUT2D eigenvalue weighted by Crippen LogP contribution is -2.40.